The van der Waals surface area contributed by atoms with Gasteiger partial charge in [0.05, 0.1) is 11.1 Å². The number of hydrogen-bond donors (Lipinski definition) is 0. The smallest absolute Gasteiger partial charge is 0.242 e. The van der Waals surface area contributed by atoms with Crippen molar-refractivity contribution in [1.29, 1.82) is 0 Å². The number of rotatable bonds is 5. The molecule has 0 radical (unpaired) electrons. The average molecular weight is 441 g/mol. The van der Waals surface area contributed by atoms with E-state index in [0.717, 1.165) is 28.1 Å². The third kappa shape index (κ3) is 3.80. The molecule has 0 spiro atoms. The molecule has 32 heavy (non-hydrogen) atoms. The molecule has 2 heterocycles. The summed E-state index contributed by atoms with van der Waals surface area (Å²) in [6.45, 7) is 2.09. The highest BCUT2D eigenvalue weighted by Crippen LogP contribution is 2.48. The summed E-state index contributed by atoms with van der Waals surface area (Å²) in [4.78, 5) is 20.3. The van der Waals surface area contributed by atoms with E-state index in [1.165, 1.54) is 5.56 Å². The van der Waals surface area contributed by atoms with E-state index in [0.29, 0.717) is 12.8 Å². The highest BCUT2D eigenvalue weighted by atomic mass is 35.5. The first-order valence-corrected chi connectivity index (χ1v) is 10.6. The Morgan fingerprint density at radius 3 is 2.03 bits per heavy atom. The Bertz CT molecular complexity index is 1210. The lowest BCUT2D eigenvalue weighted by Gasteiger charge is -2.29. The number of carbonyl (C=O) groups excluding carboxylic acids is 1. The number of fused-ring (bicyclic) bond motifs is 1. The van der Waals surface area contributed by atoms with Crippen LogP contribution in [0.15, 0.2) is 103 Å². The molecule has 0 aliphatic carbocycles. The largest absolute Gasteiger partial charge is 0.280 e. The van der Waals surface area contributed by atoms with Crippen molar-refractivity contribution >= 4 is 29.7 Å². The van der Waals surface area contributed by atoms with Crippen LogP contribution in [0.1, 0.15) is 22.3 Å². The van der Waals surface area contributed by atoms with Gasteiger partial charge in [-0.2, -0.15) is 0 Å². The second kappa shape index (κ2) is 8.97. The lowest BCUT2D eigenvalue weighted by atomic mass is 9.72. The molecule has 4 heteroatoms. The minimum Gasteiger partial charge on any atom is -0.280 e. The van der Waals surface area contributed by atoms with E-state index in [1.807, 2.05) is 59.5 Å². The zero-order chi connectivity index (χ0) is 21.3. The van der Waals surface area contributed by atoms with Gasteiger partial charge in [0.15, 0.2) is 0 Å². The molecule has 160 valence electrons. The third-order valence-corrected chi connectivity index (χ3v) is 6.17. The molecule has 0 N–H and O–H groups in total. The Morgan fingerprint density at radius 2 is 1.34 bits per heavy atom. The average Bonchev–Trinajstić information content (AvgIpc) is 3.04. The van der Waals surface area contributed by atoms with Crippen molar-refractivity contribution < 1.29 is 4.79 Å². The first kappa shape index (κ1) is 21.8. The fourth-order valence-electron chi connectivity index (χ4n) is 4.65. The summed E-state index contributed by atoms with van der Waals surface area (Å²) < 4.78 is 0. The zero-order valence-electron chi connectivity index (χ0n) is 17.9. The van der Waals surface area contributed by atoms with Crippen molar-refractivity contribution in [1.82, 2.24) is 4.98 Å². The van der Waals surface area contributed by atoms with Crippen LogP contribution in [-0.4, -0.2) is 10.9 Å². The third-order valence-electron chi connectivity index (χ3n) is 6.17. The quantitative estimate of drug-likeness (QED) is 0.369. The second-order valence-corrected chi connectivity index (χ2v) is 8.27. The van der Waals surface area contributed by atoms with Crippen LogP contribution in [0, 0.1) is 6.92 Å². The highest BCUT2D eigenvalue weighted by molar-refractivity contribution is 6.13. The van der Waals surface area contributed by atoms with Crippen molar-refractivity contribution in [2.45, 2.75) is 25.2 Å². The van der Waals surface area contributed by atoms with Gasteiger partial charge in [-0.05, 0) is 66.8 Å². The van der Waals surface area contributed by atoms with Crippen molar-refractivity contribution in [2.75, 3.05) is 4.90 Å². The number of nitrogens with zero attached hydrogens (tertiary/aromatic N) is 2. The molecular formula is C28H25ClN2O. The van der Waals surface area contributed by atoms with Gasteiger partial charge in [-0.1, -0.05) is 66.2 Å². The number of anilines is 2. The molecule has 1 aliphatic rings. The van der Waals surface area contributed by atoms with E-state index in [4.69, 9.17) is 0 Å². The monoisotopic (exact) mass is 440 g/mol. The van der Waals surface area contributed by atoms with E-state index in [2.05, 4.69) is 48.3 Å². The SMILES string of the molecule is Cc1ccc(CC2(Cc3ccncc3)C(=O)N(c3ccccc3)c3ccccc32)cc1.Cl. The number of aryl methyl sites for hydroxylation is 1. The standard InChI is InChI=1S/C28H24N2O.ClH/c1-21-11-13-22(14-12-21)19-28(20-23-15-17-29-18-16-23)25-9-5-6-10-26(25)30(27(28)31)24-7-3-2-4-8-24;/h2-18H,19-20H2,1H3;1H. The van der Waals surface area contributed by atoms with E-state index in [9.17, 15) is 4.79 Å². The van der Waals surface area contributed by atoms with Gasteiger partial charge >= 0.3 is 0 Å². The minimum atomic E-state index is -0.678. The van der Waals surface area contributed by atoms with Crippen LogP contribution in [0.4, 0.5) is 11.4 Å². The Hall–Kier alpha value is -3.43. The topological polar surface area (TPSA) is 33.2 Å². The van der Waals surface area contributed by atoms with Crippen LogP contribution in [0.5, 0.6) is 0 Å². The van der Waals surface area contributed by atoms with Crippen LogP contribution in [0.2, 0.25) is 0 Å². The lowest BCUT2D eigenvalue weighted by molar-refractivity contribution is -0.122. The molecule has 3 nitrogen and oxygen atoms in total. The van der Waals surface area contributed by atoms with Gasteiger partial charge in [0.25, 0.3) is 0 Å². The molecule has 0 bridgehead atoms. The molecule has 1 atom stereocenters. The van der Waals surface area contributed by atoms with Gasteiger partial charge in [-0.25, -0.2) is 0 Å². The molecular weight excluding hydrogens is 416 g/mol. The summed E-state index contributed by atoms with van der Waals surface area (Å²) in [7, 11) is 0. The van der Waals surface area contributed by atoms with Crippen LogP contribution < -0.4 is 4.90 Å². The summed E-state index contributed by atoms with van der Waals surface area (Å²) in [6.07, 6.45) is 4.88. The fraction of sp³-hybridized carbons (Fsp3) is 0.143. The fourth-order valence-corrected chi connectivity index (χ4v) is 4.65. The Kier molecular flexibility index (Phi) is 6.11. The maximum absolute atomic E-state index is 14.3. The number of halogens is 1. The Morgan fingerprint density at radius 1 is 0.750 bits per heavy atom. The Labute approximate surface area is 195 Å². The molecule has 5 rings (SSSR count). The molecule has 0 saturated heterocycles. The van der Waals surface area contributed by atoms with Gasteiger partial charge in [0.2, 0.25) is 5.91 Å². The van der Waals surface area contributed by atoms with Crippen LogP contribution >= 0.6 is 12.4 Å². The van der Waals surface area contributed by atoms with Crippen molar-refractivity contribution in [3.8, 4) is 0 Å². The van der Waals surface area contributed by atoms with Gasteiger partial charge in [-0.3, -0.25) is 14.7 Å². The molecule has 0 fully saturated rings. The molecule has 3 aromatic carbocycles. The number of amides is 1. The molecule has 1 unspecified atom stereocenters. The number of hydrogen-bond acceptors (Lipinski definition) is 2. The molecule has 4 aromatic rings. The number of aromatic nitrogens is 1. The first-order chi connectivity index (χ1) is 15.2. The summed E-state index contributed by atoms with van der Waals surface area (Å²) in [5.74, 6) is 0.122. The van der Waals surface area contributed by atoms with E-state index < -0.39 is 5.41 Å². The van der Waals surface area contributed by atoms with Crippen LogP contribution in [-0.2, 0) is 23.1 Å². The maximum Gasteiger partial charge on any atom is 0.242 e. The van der Waals surface area contributed by atoms with Gasteiger partial charge < -0.3 is 0 Å². The van der Waals surface area contributed by atoms with Gasteiger partial charge in [-0.15, -0.1) is 12.4 Å². The normalized spacial score (nSPS) is 17.0. The number of benzene rings is 3. The molecule has 1 aromatic heterocycles. The maximum atomic E-state index is 14.3. The highest BCUT2D eigenvalue weighted by Gasteiger charge is 2.51. The van der Waals surface area contributed by atoms with E-state index in [1.54, 1.807) is 12.4 Å². The van der Waals surface area contributed by atoms with Crippen LogP contribution in [0.3, 0.4) is 0 Å². The predicted molar refractivity (Wildman–Crippen MR) is 132 cm³/mol. The summed E-state index contributed by atoms with van der Waals surface area (Å²) in [5.41, 5.74) is 5.78. The van der Waals surface area contributed by atoms with Crippen molar-refractivity contribution in [2.24, 2.45) is 0 Å². The van der Waals surface area contributed by atoms with E-state index >= 15 is 0 Å². The number of carbonyl (C=O) groups is 1. The number of pyridine rings is 1. The first-order valence-electron chi connectivity index (χ1n) is 10.6. The molecule has 1 amide bonds. The summed E-state index contributed by atoms with van der Waals surface area (Å²) in [5, 5.41) is 0. The van der Waals surface area contributed by atoms with Crippen molar-refractivity contribution in [3.63, 3.8) is 0 Å². The van der Waals surface area contributed by atoms with Crippen molar-refractivity contribution in [3.05, 3.63) is 126 Å². The molecule has 0 saturated carbocycles. The van der Waals surface area contributed by atoms with Crippen LogP contribution in [0.25, 0.3) is 0 Å². The Balaban J connectivity index is 0.00000245. The lowest BCUT2D eigenvalue weighted by Crippen LogP contribution is -2.42. The van der Waals surface area contributed by atoms with E-state index in [-0.39, 0.29) is 18.3 Å². The van der Waals surface area contributed by atoms with Gasteiger partial charge in [0.1, 0.15) is 0 Å². The predicted octanol–water partition coefficient (Wildman–Crippen LogP) is 6.21. The van der Waals surface area contributed by atoms with Gasteiger partial charge in [0, 0.05) is 18.1 Å². The molecule has 1 aliphatic heterocycles. The summed E-state index contributed by atoms with van der Waals surface area (Å²) in [6, 6.07) is 30.7. The summed E-state index contributed by atoms with van der Waals surface area (Å²) >= 11 is 0. The minimum absolute atomic E-state index is 0. The zero-order valence-corrected chi connectivity index (χ0v) is 18.8. The number of para-hydroxylation sites is 2. The second-order valence-electron chi connectivity index (χ2n) is 8.27.